The molecule has 8 nitrogen and oxygen atoms in total. The van der Waals surface area contributed by atoms with E-state index in [9.17, 15) is 18.5 Å². The molecule has 0 saturated heterocycles. The van der Waals surface area contributed by atoms with E-state index < -0.39 is 14.9 Å². The first-order valence-corrected chi connectivity index (χ1v) is 8.76. The number of anilines is 1. The number of nitro groups is 1. The molecule has 0 amide bonds. The summed E-state index contributed by atoms with van der Waals surface area (Å²) >= 11 is 1.12. The second-order valence-electron chi connectivity index (χ2n) is 4.36. The molecule has 2 rings (SSSR count). The van der Waals surface area contributed by atoms with Gasteiger partial charge in [0.15, 0.2) is 0 Å². The molecule has 0 aliphatic rings. The number of sulfonamides is 1. The third kappa shape index (κ3) is 4.26. The van der Waals surface area contributed by atoms with Crippen LogP contribution in [0.2, 0.25) is 0 Å². The second-order valence-corrected chi connectivity index (χ2v) is 7.30. The van der Waals surface area contributed by atoms with Crippen LogP contribution in [-0.4, -0.2) is 26.4 Å². The molecular weight excluding hydrogens is 340 g/mol. The maximum Gasteiger partial charge on any atom is 0.270 e. The summed E-state index contributed by atoms with van der Waals surface area (Å²) in [7, 11) is -3.53. The summed E-state index contributed by atoms with van der Waals surface area (Å²) in [6.45, 7) is 0.346. The van der Waals surface area contributed by atoms with Gasteiger partial charge in [0.25, 0.3) is 5.69 Å². The molecule has 0 atom stereocenters. The zero-order chi connectivity index (χ0) is 16.9. The van der Waals surface area contributed by atoms with Crippen molar-refractivity contribution in [1.82, 2.24) is 4.72 Å². The minimum Gasteiger partial charge on any atom is -0.383 e. The van der Waals surface area contributed by atoms with Crippen LogP contribution in [0.3, 0.4) is 0 Å². The van der Waals surface area contributed by atoms with Crippen molar-refractivity contribution in [3.8, 4) is 6.07 Å². The summed E-state index contributed by atoms with van der Waals surface area (Å²) < 4.78 is 26.4. The van der Waals surface area contributed by atoms with Gasteiger partial charge in [-0.25, -0.2) is 13.1 Å². The van der Waals surface area contributed by atoms with Crippen LogP contribution in [0.4, 0.5) is 11.4 Å². The maximum absolute atomic E-state index is 11.9. The van der Waals surface area contributed by atoms with E-state index in [1.807, 2.05) is 6.07 Å². The van der Waals surface area contributed by atoms with Crippen LogP contribution >= 0.6 is 11.3 Å². The molecule has 0 aliphatic heterocycles. The van der Waals surface area contributed by atoms with E-state index in [2.05, 4.69) is 10.0 Å². The predicted octanol–water partition coefficient (Wildman–Crippen LogP) is 1.92. The van der Waals surface area contributed by atoms with E-state index in [0.717, 1.165) is 17.4 Å². The first kappa shape index (κ1) is 16.9. The van der Waals surface area contributed by atoms with Gasteiger partial charge in [-0.3, -0.25) is 10.1 Å². The van der Waals surface area contributed by atoms with Gasteiger partial charge in [0.2, 0.25) is 10.0 Å². The lowest BCUT2D eigenvalue weighted by atomic mass is 10.1. The van der Waals surface area contributed by atoms with Gasteiger partial charge in [0.1, 0.15) is 10.3 Å². The Hall–Kier alpha value is -2.48. The van der Waals surface area contributed by atoms with Crippen LogP contribution in [0.15, 0.2) is 39.9 Å². The Morgan fingerprint density at radius 2 is 2.09 bits per heavy atom. The van der Waals surface area contributed by atoms with E-state index in [-0.39, 0.29) is 28.5 Å². The van der Waals surface area contributed by atoms with Crippen molar-refractivity contribution in [3.63, 3.8) is 0 Å². The highest BCUT2D eigenvalue weighted by atomic mass is 32.2. The minimum atomic E-state index is -3.53. The van der Waals surface area contributed by atoms with E-state index in [0.29, 0.717) is 5.69 Å². The predicted molar refractivity (Wildman–Crippen MR) is 85.8 cm³/mol. The molecule has 0 spiro atoms. The molecular formula is C13H12N4O4S2. The molecule has 120 valence electrons. The van der Waals surface area contributed by atoms with Gasteiger partial charge in [-0.15, -0.1) is 11.3 Å². The fraction of sp³-hybridized carbons (Fsp3) is 0.154. The smallest absolute Gasteiger partial charge is 0.270 e. The molecule has 2 N–H and O–H groups in total. The molecule has 1 heterocycles. The highest BCUT2D eigenvalue weighted by Crippen LogP contribution is 2.21. The monoisotopic (exact) mass is 352 g/mol. The molecule has 2 aromatic rings. The van der Waals surface area contributed by atoms with Gasteiger partial charge in [0, 0.05) is 25.2 Å². The molecule has 0 unspecified atom stereocenters. The number of nitrogens with zero attached hydrogens (tertiary/aromatic N) is 2. The normalized spacial score (nSPS) is 10.9. The topological polar surface area (TPSA) is 125 Å². The van der Waals surface area contributed by atoms with Crippen LogP contribution in [0.5, 0.6) is 0 Å². The standard InChI is InChI=1S/C13H12N4O4S2/c14-9-10-8-11(17(18)19)3-4-12(10)15-5-6-16-23(20,21)13-2-1-7-22-13/h1-4,7-8,15-16H,5-6H2. The van der Waals surface area contributed by atoms with Crippen LogP contribution in [0.25, 0.3) is 0 Å². The molecule has 1 aromatic heterocycles. The number of hydrogen-bond donors (Lipinski definition) is 2. The lowest BCUT2D eigenvalue weighted by molar-refractivity contribution is -0.384. The van der Waals surface area contributed by atoms with Gasteiger partial charge in [-0.05, 0) is 17.5 Å². The average molecular weight is 352 g/mol. The summed E-state index contributed by atoms with van der Waals surface area (Å²) in [6, 6.07) is 8.88. The lowest BCUT2D eigenvalue weighted by Gasteiger charge is -2.09. The van der Waals surface area contributed by atoms with Crippen molar-refractivity contribution in [3.05, 3.63) is 51.4 Å². The number of benzene rings is 1. The fourth-order valence-electron chi connectivity index (χ4n) is 1.76. The van der Waals surface area contributed by atoms with Crippen molar-refractivity contribution in [2.45, 2.75) is 4.21 Å². The van der Waals surface area contributed by atoms with Crippen LogP contribution in [0.1, 0.15) is 5.56 Å². The maximum atomic E-state index is 11.9. The summed E-state index contributed by atoms with van der Waals surface area (Å²) in [5, 5.41) is 24.2. The molecule has 0 aliphatic carbocycles. The SMILES string of the molecule is N#Cc1cc([N+](=O)[O-])ccc1NCCNS(=O)(=O)c1cccs1. The second kappa shape index (κ2) is 7.19. The van der Waals surface area contributed by atoms with Crippen LogP contribution < -0.4 is 10.0 Å². The Morgan fingerprint density at radius 3 is 2.70 bits per heavy atom. The highest BCUT2D eigenvalue weighted by molar-refractivity contribution is 7.91. The Bertz CT molecular complexity index is 841. The summed E-state index contributed by atoms with van der Waals surface area (Å²) in [4.78, 5) is 10.1. The first-order valence-electron chi connectivity index (χ1n) is 6.39. The Balaban J connectivity index is 1.95. The van der Waals surface area contributed by atoms with Gasteiger partial charge >= 0.3 is 0 Å². The molecule has 0 saturated carbocycles. The van der Waals surface area contributed by atoms with E-state index >= 15 is 0 Å². The zero-order valence-corrected chi connectivity index (χ0v) is 13.4. The van der Waals surface area contributed by atoms with Crippen molar-refractivity contribution in [2.24, 2.45) is 0 Å². The molecule has 0 fully saturated rings. The highest BCUT2D eigenvalue weighted by Gasteiger charge is 2.14. The molecule has 23 heavy (non-hydrogen) atoms. The van der Waals surface area contributed by atoms with Crippen molar-refractivity contribution >= 4 is 32.7 Å². The molecule has 10 heteroatoms. The number of non-ortho nitro benzene ring substituents is 1. The Kier molecular flexibility index (Phi) is 5.28. The van der Waals surface area contributed by atoms with Crippen molar-refractivity contribution in [2.75, 3.05) is 18.4 Å². The number of nitriles is 1. The largest absolute Gasteiger partial charge is 0.383 e. The number of hydrogen-bond acceptors (Lipinski definition) is 7. The van der Waals surface area contributed by atoms with Crippen molar-refractivity contribution in [1.29, 1.82) is 5.26 Å². The number of rotatable bonds is 7. The molecule has 0 radical (unpaired) electrons. The number of nitro benzene ring substituents is 1. The van der Waals surface area contributed by atoms with E-state index in [4.69, 9.17) is 5.26 Å². The summed E-state index contributed by atoms with van der Waals surface area (Å²) in [6.07, 6.45) is 0. The third-order valence-electron chi connectivity index (χ3n) is 2.83. The van der Waals surface area contributed by atoms with Gasteiger partial charge in [-0.1, -0.05) is 6.07 Å². The third-order valence-corrected chi connectivity index (χ3v) is 5.69. The lowest BCUT2D eigenvalue weighted by Crippen LogP contribution is -2.28. The summed E-state index contributed by atoms with van der Waals surface area (Å²) in [5.41, 5.74) is 0.360. The van der Waals surface area contributed by atoms with Gasteiger partial charge in [-0.2, -0.15) is 5.26 Å². The molecule has 0 bridgehead atoms. The van der Waals surface area contributed by atoms with E-state index in [1.165, 1.54) is 18.2 Å². The van der Waals surface area contributed by atoms with Crippen LogP contribution in [-0.2, 0) is 10.0 Å². The average Bonchev–Trinajstić information content (AvgIpc) is 3.06. The minimum absolute atomic E-state index is 0.113. The number of nitrogens with one attached hydrogen (secondary N) is 2. The molecule has 1 aromatic carbocycles. The van der Waals surface area contributed by atoms with Crippen molar-refractivity contribution < 1.29 is 13.3 Å². The Labute approximate surface area is 136 Å². The quantitative estimate of drug-likeness (QED) is 0.445. The summed E-state index contributed by atoms with van der Waals surface area (Å²) in [5.74, 6) is 0. The van der Waals surface area contributed by atoms with Gasteiger partial charge in [0.05, 0.1) is 16.2 Å². The zero-order valence-electron chi connectivity index (χ0n) is 11.7. The fourth-order valence-corrected chi connectivity index (χ4v) is 3.83. The van der Waals surface area contributed by atoms with Crippen LogP contribution in [0, 0.1) is 21.4 Å². The van der Waals surface area contributed by atoms with E-state index in [1.54, 1.807) is 11.4 Å². The first-order chi connectivity index (χ1) is 10.9. The number of thiophene rings is 1. The Morgan fingerprint density at radius 1 is 1.30 bits per heavy atom. The van der Waals surface area contributed by atoms with Gasteiger partial charge < -0.3 is 5.32 Å².